The van der Waals surface area contributed by atoms with Crippen molar-refractivity contribution in [2.45, 2.75) is 0 Å². The third-order valence-electron chi connectivity index (χ3n) is 3.57. The van der Waals surface area contributed by atoms with E-state index in [9.17, 15) is 8.96 Å². The Labute approximate surface area is 144 Å². The summed E-state index contributed by atoms with van der Waals surface area (Å²) < 4.78 is 28.0. The van der Waals surface area contributed by atoms with Crippen molar-refractivity contribution in [2.75, 3.05) is 0 Å². The zero-order valence-corrected chi connectivity index (χ0v) is 14.3. The monoisotopic (exact) mass is 364 g/mol. The highest BCUT2D eigenvalue weighted by Gasteiger charge is 2.32. The van der Waals surface area contributed by atoms with Gasteiger partial charge in [-0.1, -0.05) is 83.9 Å². The lowest BCUT2D eigenvalue weighted by atomic mass is 10.3. The molecule has 0 saturated carbocycles. The standard InChI is InChI=1S/C18H12Cl2FOP/c19-15-11-16(20)18(12-17(15)21)23(22,13-7-3-1-4-8-13)14-9-5-2-6-10-14/h1-12H. The number of rotatable bonds is 3. The maximum Gasteiger partial charge on any atom is 0.172 e. The normalized spacial score (nSPS) is 11.4. The second kappa shape index (κ2) is 6.49. The van der Waals surface area contributed by atoms with E-state index in [1.165, 1.54) is 12.1 Å². The minimum absolute atomic E-state index is 0.0913. The van der Waals surface area contributed by atoms with Crippen LogP contribution in [-0.4, -0.2) is 0 Å². The lowest BCUT2D eigenvalue weighted by Crippen LogP contribution is -2.26. The van der Waals surface area contributed by atoms with Crippen molar-refractivity contribution in [2.24, 2.45) is 0 Å². The van der Waals surface area contributed by atoms with Gasteiger partial charge < -0.3 is 4.57 Å². The number of benzene rings is 3. The first kappa shape index (κ1) is 16.3. The molecule has 0 atom stereocenters. The van der Waals surface area contributed by atoms with E-state index in [0.29, 0.717) is 10.6 Å². The molecule has 0 aliphatic heterocycles. The van der Waals surface area contributed by atoms with Crippen LogP contribution in [0.25, 0.3) is 0 Å². The van der Waals surface area contributed by atoms with Crippen LogP contribution in [0, 0.1) is 5.82 Å². The number of halogens is 3. The number of hydrogen-bond acceptors (Lipinski definition) is 1. The quantitative estimate of drug-likeness (QED) is 0.483. The Hall–Kier alpha value is -1.60. The van der Waals surface area contributed by atoms with Crippen molar-refractivity contribution in [3.63, 3.8) is 0 Å². The molecule has 3 aromatic rings. The topological polar surface area (TPSA) is 17.1 Å². The molecule has 0 aromatic heterocycles. The Kier molecular flexibility index (Phi) is 4.59. The molecular formula is C18H12Cl2FOP. The average molecular weight is 365 g/mol. The second-order valence-electron chi connectivity index (χ2n) is 5.00. The highest BCUT2D eigenvalue weighted by Crippen LogP contribution is 2.45. The maximum atomic E-state index is 14.0. The molecule has 0 fully saturated rings. The van der Waals surface area contributed by atoms with Crippen LogP contribution in [0.4, 0.5) is 4.39 Å². The average Bonchev–Trinajstić information content (AvgIpc) is 2.59. The minimum atomic E-state index is -3.29. The van der Waals surface area contributed by atoms with Gasteiger partial charge in [-0.3, -0.25) is 0 Å². The van der Waals surface area contributed by atoms with Crippen LogP contribution in [0.2, 0.25) is 10.0 Å². The first-order valence-electron chi connectivity index (χ1n) is 6.90. The zero-order valence-electron chi connectivity index (χ0n) is 11.9. The fourth-order valence-electron chi connectivity index (χ4n) is 2.46. The molecule has 3 aromatic carbocycles. The fourth-order valence-corrected chi connectivity index (χ4v) is 5.90. The largest absolute Gasteiger partial charge is 0.309 e. The molecule has 0 heterocycles. The molecule has 0 unspecified atom stereocenters. The molecule has 116 valence electrons. The Morgan fingerprint density at radius 2 is 1.22 bits per heavy atom. The van der Waals surface area contributed by atoms with Crippen molar-refractivity contribution >= 4 is 46.3 Å². The summed E-state index contributed by atoms with van der Waals surface area (Å²) in [6, 6.07) is 20.4. The van der Waals surface area contributed by atoms with Crippen molar-refractivity contribution in [1.29, 1.82) is 0 Å². The van der Waals surface area contributed by atoms with Gasteiger partial charge in [0.15, 0.2) is 7.14 Å². The summed E-state index contributed by atoms with van der Waals surface area (Å²) in [5.41, 5.74) is 0. The van der Waals surface area contributed by atoms with Gasteiger partial charge >= 0.3 is 0 Å². The molecule has 3 rings (SSSR count). The van der Waals surface area contributed by atoms with Crippen molar-refractivity contribution < 1.29 is 8.96 Å². The summed E-state index contributed by atoms with van der Waals surface area (Å²) in [5.74, 6) is -0.641. The van der Waals surface area contributed by atoms with Gasteiger partial charge in [-0.05, 0) is 12.1 Å². The van der Waals surface area contributed by atoms with E-state index in [4.69, 9.17) is 23.2 Å². The summed E-state index contributed by atoms with van der Waals surface area (Å²) in [7, 11) is -3.29. The van der Waals surface area contributed by atoms with Gasteiger partial charge in [0.05, 0.1) is 10.0 Å². The van der Waals surface area contributed by atoms with Crippen molar-refractivity contribution in [1.82, 2.24) is 0 Å². The van der Waals surface area contributed by atoms with E-state index in [0.717, 1.165) is 0 Å². The summed E-state index contributed by atoms with van der Waals surface area (Å²) in [5, 5.41) is 1.53. The summed E-state index contributed by atoms with van der Waals surface area (Å²) in [6.07, 6.45) is 0. The van der Waals surface area contributed by atoms with Crippen molar-refractivity contribution in [3.8, 4) is 0 Å². The molecule has 0 aliphatic carbocycles. The summed E-state index contributed by atoms with van der Waals surface area (Å²) in [6.45, 7) is 0. The third kappa shape index (κ3) is 2.95. The predicted octanol–water partition coefficient (Wildman–Crippen LogP) is 4.77. The van der Waals surface area contributed by atoms with Gasteiger partial charge in [0.1, 0.15) is 5.82 Å². The van der Waals surface area contributed by atoms with Crippen LogP contribution in [0.3, 0.4) is 0 Å². The van der Waals surface area contributed by atoms with Crippen LogP contribution in [0.5, 0.6) is 0 Å². The van der Waals surface area contributed by atoms with E-state index in [1.807, 2.05) is 12.1 Å². The SMILES string of the molecule is O=P(c1ccccc1)(c1ccccc1)c1cc(F)c(Cl)cc1Cl. The van der Waals surface area contributed by atoms with E-state index in [2.05, 4.69) is 0 Å². The predicted molar refractivity (Wildman–Crippen MR) is 95.8 cm³/mol. The Morgan fingerprint density at radius 3 is 1.70 bits per heavy atom. The van der Waals surface area contributed by atoms with Crippen LogP contribution in [0.15, 0.2) is 72.8 Å². The van der Waals surface area contributed by atoms with E-state index in [-0.39, 0.29) is 15.3 Å². The molecule has 23 heavy (non-hydrogen) atoms. The molecule has 1 nitrogen and oxygen atoms in total. The van der Waals surface area contributed by atoms with Crippen LogP contribution in [0.1, 0.15) is 0 Å². The maximum absolute atomic E-state index is 14.0. The third-order valence-corrected chi connectivity index (χ3v) is 7.40. The minimum Gasteiger partial charge on any atom is -0.309 e. The van der Waals surface area contributed by atoms with Gasteiger partial charge in [0.25, 0.3) is 0 Å². The molecule has 0 amide bonds. The zero-order chi connectivity index (χ0) is 16.4. The fraction of sp³-hybridized carbons (Fsp3) is 0. The molecule has 0 bridgehead atoms. The Morgan fingerprint density at radius 1 is 0.739 bits per heavy atom. The molecule has 0 saturated heterocycles. The molecule has 5 heteroatoms. The highest BCUT2D eigenvalue weighted by molar-refractivity contribution is 7.85. The lowest BCUT2D eigenvalue weighted by molar-refractivity contribution is 0.591. The smallest absolute Gasteiger partial charge is 0.172 e. The van der Waals surface area contributed by atoms with Gasteiger partial charge in [0, 0.05) is 15.9 Å². The first-order chi connectivity index (χ1) is 11.0. The molecule has 0 radical (unpaired) electrons. The number of hydrogen-bond donors (Lipinski definition) is 0. The van der Waals surface area contributed by atoms with Gasteiger partial charge in [0.2, 0.25) is 0 Å². The van der Waals surface area contributed by atoms with Gasteiger partial charge in [-0.25, -0.2) is 4.39 Å². The lowest BCUT2D eigenvalue weighted by Gasteiger charge is -2.21. The summed E-state index contributed by atoms with van der Waals surface area (Å²) in [4.78, 5) is 0. The molecule has 0 spiro atoms. The van der Waals surface area contributed by atoms with E-state index in [1.54, 1.807) is 48.5 Å². The molecular weight excluding hydrogens is 353 g/mol. The second-order valence-corrected chi connectivity index (χ2v) is 8.55. The van der Waals surface area contributed by atoms with Gasteiger partial charge in [-0.2, -0.15) is 0 Å². The van der Waals surface area contributed by atoms with Crippen LogP contribution >= 0.6 is 30.3 Å². The highest BCUT2D eigenvalue weighted by atomic mass is 35.5. The van der Waals surface area contributed by atoms with Crippen LogP contribution < -0.4 is 15.9 Å². The molecule has 0 N–H and O–H groups in total. The summed E-state index contributed by atoms with van der Waals surface area (Å²) >= 11 is 12.0. The first-order valence-corrected chi connectivity index (χ1v) is 9.36. The van der Waals surface area contributed by atoms with Crippen molar-refractivity contribution in [3.05, 3.63) is 88.7 Å². The van der Waals surface area contributed by atoms with Crippen LogP contribution in [-0.2, 0) is 4.57 Å². The van der Waals surface area contributed by atoms with Gasteiger partial charge in [-0.15, -0.1) is 0 Å². The van der Waals surface area contributed by atoms with E-state index >= 15 is 0 Å². The molecule has 0 aliphatic rings. The Bertz CT molecular complexity index is 839. The van der Waals surface area contributed by atoms with E-state index < -0.39 is 13.0 Å². The Balaban J connectivity index is 2.35.